The zero-order valence-corrected chi connectivity index (χ0v) is 16.2. The normalized spacial score (nSPS) is 16.6. The van der Waals surface area contributed by atoms with Gasteiger partial charge < -0.3 is 19.7 Å². The van der Waals surface area contributed by atoms with Crippen LogP contribution in [0.1, 0.15) is 11.6 Å². The Balaban J connectivity index is 1.65. The summed E-state index contributed by atoms with van der Waals surface area (Å²) in [6, 6.07) is 10.4. The number of rotatable bonds is 5. The molecular weight excluding hydrogens is 374 g/mol. The molecule has 1 unspecified atom stereocenters. The van der Waals surface area contributed by atoms with E-state index in [0.29, 0.717) is 18.0 Å². The average Bonchev–Trinajstić information content (AvgIpc) is 2.77. The Labute approximate surface area is 167 Å². The van der Waals surface area contributed by atoms with Crippen LogP contribution in [0.15, 0.2) is 42.7 Å². The lowest BCUT2D eigenvalue weighted by molar-refractivity contribution is -0.384. The molecule has 0 aliphatic carbocycles. The van der Waals surface area contributed by atoms with Crippen molar-refractivity contribution in [2.75, 3.05) is 38.8 Å². The molecule has 0 bridgehead atoms. The predicted molar refractivity (Wildman–Crippen MR) is 109 cm³/mol. The SMILES string of the molecule is COc1cc2ncnc(N3CCNC(c4ccc([N+](=O)[O-])cc4)C3)c2cc1OC. The maximum Gasteiger partial charge on any atom is 0.269 e. The first-order chi connectivity index (χ1) is 14.1. The van der Waals surface area contributed by atoms with Gasteiger partial charge in [0.2, 0.25) is 0 Å². The van der Waals surface area contributed by atoms with Gasteiger partial charge in [0.05, 0.1) is 24.7 Å². The number of hydrogen-bond donors (Lipinski definition) is 1. The third-order valence-corrected chi connectivity index (χ3v) is 5.10. The summed E-state index contributed by atoms with van der Waals surface area (Å²) in [5, 5.41) is 15.3. The van der Waals surface area contributed by atoms with Crippen LogP contribution in [0.4, 0.5) is 11.5 Å². The zero-order chi connectivity index (χ0) is 20.4. The summed E-state index contributed by atoms with van der Waals surface area (Å²) in [6.07, 6.45) is 1.55. The number of aromatic nitrogens is 2. The molecule has 1 aliphatic heterocycles. The van der Waals surface area contributed by atoms with Crippen molar-refractivity contribution in [3.05, 3.63) is 58.4 Å². The number of benzene rings is 2. The van der Waals surface area contributed by atoms with E-state index in [2.05, 4.69) is 20.2 Å². The Kier molecular flexibility index (Phi) is 5.13. The van der Waals surface area contributed by atoms with Gasteiger partial charge in [-0.05, 0) is 11.6 Å². The van der Waals surface area contributed by atoms with Crippen LogP contribution in [0.3, 0.4) is 0 Å². The number of nitro benzene ring substituents is 1. The highest BCUT2D eigenvalue weighted by atomic mass is 16.6. The summed E-state index contributed by atoms with van der Waals surface area (Å²) < 4.78 is 10.8. The molecule has 2 aromatic carbocycles. The highest BCUT2D eigenvalue weighted by Crippen LogP contribution is 2.35. The minimum absolute atomic E-state index is 0.0368. The van der Waals surface area contributed by atoms with Crippen LogP contribution < -0.4 is 19.7 Å². The largest absolute Gasteiger partial charge is 0.493 e. The number of anilines is 1. The summed E-state index contributed by atoms with van der Waals surface area (Å²) >= 11 is 0. The third kappa shape index (κ3) is 3.64. The van der Waals surface area contributed by atoms with Crippen molar-refractivity contribution in [1.29, 1.82) is 0 Å². The van der Waals surface area contributed by atoms with Crippen LogP contribution in [-0.2, 0) is 0 Å². The minimum Gasteiger partial charge on any atom is -0.493 e. The molecule has 1 N–H and O–H groups in total. The number of nitrogens with zero attached hydrogens (tertiary/aromatic N) is 4. The van der Waals surface area contributed by atoms with E-state index >= 15 is 0 Å². The fraction of sp³-hybridized carbons (Fsp3) is 0.300. The minimum atomic E-state index is -0.390. The molecule has 1 aromatic heterocycles. The number of nitrogens with one attached hydrogen (secondary N) is 1. The number of non-ortho nitro benzene ring substituents is 1. The van der Waals surface area contributed by atoms with Crippen molar-refractivity contribution in [3.8, 4) is 11.5 Å². The maximum atomic E-state index is 10.9. The Morgan fingerprint density at radius 3 is 2.55 bits per heavy atom. The molecule has 1 atom stereocenters. The second-order valence-corrected chi connectivity index (χ2v) is 6.72. The van der Waals surface area contributed by atoms with Crippen LogP contribution in [-0.4, -0.2) is 48.7 Å². The Morgan fingerprint density at radius 1 is 1.14 bits per heavy atom. The first-order valence-corrected chi connectivity index (χ1v) is 9.20. The Bertz CT molecular complexity index is 1040. The predicted octanol–water partition coefficient (Wildman–Crippen LogP) is 2.71. The van der Waals surface area contributed by atoms with Gasteiger partial charge >= 0.3 is 0 Å². The quantitative estimate of drug-likeness (QED) is 0.520. The average molecular weight is 395 g/mol. The summed E-state index contributed by atoms with van der Waals surface area (Å²) in [6.45, 7) is 2.22. The molecule has 1 saturated heterocycles. The molecule has 0 saturated carbocycles. The first-order valence-electron chi connectivity index (χ1n) is 9.20. The van der Waals surface area contributed by atoms with Crippen molar-refractivity contribution >= 4 is 22.4 Å². The maximum absolute atomic E-state index is 10.9. The molecule has 0 radical (unpaired) electrons. The summed E-state index contributed by atoms with van der Waals surface area (Å²) in [4.78, 5) is 21.6. The van der Waals surface area contributed by atoms with Gasteiger partial charge in [0.15, 0.2) is 11.5 Å². The molecule has 0 amide bonds. The Hall–Kier alpha value is -3.46. The molecular formula is C20H21N5O4. The molecule has 3 aromatic rings. The van der Waals surface area contributed by atoms with E-state index in [9.17, 15) is 10.1 Å². The molecule has 1 aliphatic rings. The monoisotopic (exact) mass is 395 g/mol. The number of hydrogen-bond acceptors (Lipinski definition) is 8. The summed E-state index contributed by atoms with van der Waals surface area (Å²) in [7, 11) is 3.19. The van der Waals surface area contributed by atoms with E-state index in [1.54, 1.807) is 32.7 Å². The number of piperazine rings is 1. The second kappa shape index (κ2) is 7.88. The van der Waals surface area contributed by atoms with E-state index < -0.39 is 0 Å². The molecule has 29 heavy (non-hydrogen) atoms. The smallest absolute Gasteiger partial charge is 0.269 e. The van der Waals surface area contributed by atoms with Gasteiger partial charge in [0.1, 0.15) is 12.1 Å². The van der Waals surface area contributed by atoms with Gasteiger partial charge in [-0.2, -0.15) is 0 Å². The summed E-state index contributed by atoms with van der Waals surface area (Å²) in [5.74, 6) is 2.07. The van der Waals surface area contributed by atoms with Gasteiger partial charge in [-0.3, -0.25) is 10.1 Å². The number of ether oxygens (including phenoxy) is 2. The van der Waals surface area contributed by atoms with Gasteiger partial charge in [-0.1, -0.05) is 12.1 Å². The molecule has 4 rings (SSSR count). The lowest BCUT2D eigenvalue weighted by Crippen LogP contribution is -2.46. The standard InChI is InChI=1S/C20H21N5O4/c1-28-18-9-15-16(10-19(18)29-2)22-12-23-20(15)24-8-7-21-17(11-24)13-3-5-14(6-4-13)25(26)27/h3-6,9-10,12,17,21H,7-8,11H2,1-2H3. The van der Waals surface area contributed by atoms with Crippen molar-refractivity contribution < 1.29 is 14.4 Å². The number of nitro groups is 1. The van der Waals surface area contributed by atoms with Gasteiger partial charge in [-0.25, -0.2) is 9.97 Å². The molecule has 9 nitrogen and oxygen atoms in total. The van der Waals surface area contributed by atoms with Crippen LogP contribution in [0, 0.1) is 10.1 Å². The fourth-order valence-electron chi connectivity index (χ4n) is 3.62. The van der Waals surface area contributed by atoms with Crippen molar-refractivity contribution in [3.63, 3.8) is 0 Å². The van der Waals surface area contributed by atoms with Crippen LogP contribution in [0.25, 0.3) is 10.9 Å². The van der Waals surface area contributed by atoms with Crippen molar-refractivity contribution in [2.45, 2.75) is 6.04 Å². The van der Waals surface area contributed by atoms with Crippen molar-refractivity contribution in [2.24, 2.45) is 0 Å². The van der Waals surface area contributed by atoms with Gasteiger partial charge in [0, 0.05) is 49.3 Å². The van der Waals surface area contributed by atoms with E-state index in [4.69, 9.17) is 9.47 Å². The van der Waals surface area contributed by atoms with E-state index in [0.717, 1.165) is 35.4 Å². The lowest BCUT2D eigenvalue weighted by atomic mass is 10.0. The van der Waals surface area contributed by atoms with Gasteiger partial charge in [0.25, 0.3) is 5.69 Å². The van der Waals surface area contributed by atoms with Gasteiger partial charge in [-0.15, -0.1) is 0 Å². The second-order valence-electron chi connectivity index (χ2n) is 6.72. The fourth-order valence-corrected chi connectivity index (χ4v) is 3.62. The van der Waals surface area contributed by atoms with Crippen LogP contribution in [0.2, 0.25) is 0 Å². The van der Waals surface area contributed by atoms with Crippen LogP contribution >= 0.6 is 0 Å². The molecule has 2 heterocycles. The lowest BCUT2D eigenvalue weighted by Gasteiger charge is -2.35. The summed E-state index contributed by atoms with van der Waals surface area (Å²) in [5.41, 5.74) is 1.86. The van der Waals surface area contributed by atoms with Crippen molar-refractivity contribution in [1.82, 2.24) is 15.3 Å². The third-order valence-electron chi connectivity index (χ3n) is 5.10. The highest BCUT2D eigenvalue weighted by molar-refractivity contribution is 5.92. The molecule has 150 valence electrons. The topological polar surface area (TPSA) is 103 Å². The van der Waals surface area contributed by atoms with E-state index in [1.807, 2.05) is 12.1 Å². The molecule has 0 spiro atoms. The first kappa shape index (κ1) is 18.9. The molecule has 9 heteroatoms. The van der Waals surface area contributed by atoms with Crippen LogP contribution in [0.5, 0.6) is 11.5 Å². The zero-order valence-electron chi connectivity index (χ0n) is 16.2. The Morgan fingerprint density at radius 2 is 1.86 bits per heavy atom. The molecule has 1 fully saturated rings. The highest BCUT2D eigenvalue weighted by Gasteiger charge is 2.24. The van der Waals surface area contributed by atoms with E-state index in [1.165, 1.54) is 12.1 Å². The van der Waals surface area contributed by atoms with E-state index in [-0.39, 0.29) is 16.7 Å². The number of methoxy groups -OCH3 is 2. The number of fused-ring (bicyclic) bond motifs is 1.